The average molecular weight is 236 g/mol. The molecule has 1 rings (SSSR count). The monoisotopic (exact) mass is 236 g/mol. The van der Waals surface area contributed by atoms with Crippen molar-refractivity contribution in [3.8, 4) is 0 Å². The fourth-order valence-corrected chi connectivity index (χ4v) is 1.68. The van der Waals surface area contributed by atoms with E-state index >= 15 is 0 Å². The second-order valence-electron chi connectivity index (χ2n) is 4.51. The molecule has 0 aliphatic rings. The van der Waals surface area contributed by atoms with Gasteiger partial charge in [-0.2, -0.15) is 0 Å². The molecule has 0 amide bonds. The summed E-state index contributed by atoms with van der Waals surface area (Å²) in [7, 11) is 1.50. The molecular weight excluding hydrogens is 216 g/mol. The maximum atomic E-state index is 11.2. The van der Waals surface area contributed by atoms with Gasteiger partial charge in [0, 0.05) is 13.5 Å². The van der Waals surface area contributed by atoms with Crippen molar-refractivity contribution in [2.75, 3.05) is 7.11 Å². The van der Waals surface area contributed by atoms with Crippen LogP contribution in [0.15, 0.2) is 30.3 Å². The van der Waals surface area contributed by atoms with Crippen LogP contribution in [0.3, 0.4) is 0 Å². The number of benzene rings is 1. The Hall–Kier alpha value is -1.19. The molecule has 1 aromatic carbocycles. The van der Waals surface area contributed by atoms with Crippen LogP contribution in [0.4, 0.5) is 0 Å². The van der Waals surface area contributed by atoms with Gasteiger partial charge in [0.25, 0.3) is 0 Å². The second kappa shape index (κ2) is 6.52. The van der Waals surface area contributed by atoms with E-state index < -0.39 is 5.79 Å². The van der Waals surface area contributed by atoms with E-state index in [2.05, 4.69) is 0 Å². The molecule has 0 N–H and O–H groups in total. The van der Waals surface area contributed by atoms with E-state index in [1.165, 1.54) is 7.11 Å². The standard InChI is InChI=1S/C14H20O3/c1-12(2)9-14(11-15,16-3)17-10-13-7-5-4-6-8-13/h4-8,11-12H,9-10H2,1-3H3. The first kappa shape index (κ1) is 13.9. The van der Waals surface area contributed by atoms with Gasteiger partial charge in [-0.05, 0) is 11.5 Å². The summed E-state index contributed by atoms with van der Waals surface area (Å²) in [5.74, 6) is -0.791. The Labute approximate surface area is 103 Å². The van der Waals surface area contributed by atoms with E-state index in [1.807, 2.05) is 44.2 Å². The van der Waals surface area contributed by atoms with Gasteiger partial charge < -0.3 is 9.47 Å². The predicted octanol–water partition coefficient (Wildman–Crippen LogP) is 2.79. The zero-order chi connectivity index (χ0) is 12.7. The normalized spacial score (nSPS) is 14.6. The quantitative estimate of drug-likeness (QED) is 0.539. The van der Waals surface area contributed by atoms with Gasteiger partial charge in [-0.25, -0.2) is 0 Å². The van der Waals surface area contributed by atoms with Crippen LogP contribution in [0.25, 0.3) is 0 Å². The molecule has 0 saturated carbocycles. The Balaban J connectivity index is 2.64. The van der Waals surface area contributed by atoms with Crippen molar-refractivity contribution in [3.63, 3.8) is 0 Å². The van der Waals surface area contributed by atoms with Gasteiger partial charge in [0.05, 0.1) is 6.61 Å². The van der Waals surface area contributed by atoms with Crippen LogP contribution in [0.5, 0.6) is 0 Å². The lowest BCUT2D eigenvalue weighted by Crippen LogP contribution is -2.38. The zero-order valence-electron chi connectivity index (χ0n) is 10.7. The minimum absolute atomic E-state index is 0.330. The van der Waals surface area contributed by atoms with E-state index in [-0.39, 0.29) is 0 Å². The third-order valence-electron chi connectivity index (χ3n) is 2.54. The molecule has 0 heterocycles. The highest BCUT2D eigenvalue weighted by molar-refractivity contribution is 5.60. The van der Waals surface area contributed by atoms with Crippen molar-refractivity contribution in [2.24, 2.45) is 5.92 Å². The van der Waals surface area contributed by atoms with Crippen LogP contribution in [-0.2, 0) is 20.9 Å². The van der Waals surface area contributed by atoms with Crippen molar-refractivity contribution in [3.05, 3.63) is 35.9 Å². The van der Waals surface area contributed by atoms with Crippen molar-refractivity contribution < 1.29 is 14.3 Å². The smallest absolute Gasteiger partial charge is 0.226 e. The van der Waals surface area contributed by atoms with E-state index in [1.54, 1.807) is 0 Å². The zero-order valence-corrected chi connectivity index (χ0v) is 10.7. The van der Waals surface area contributed by atoms with Gasteiger partial charge in [0.1, 0.15) is 0 Å². The number of carbonyl (C=O) groups is 1. The molecule has 0 aliphatic heterocycles. The molecule has 3 nitrogen and oxygen atoms in total. The lowest BCUT2D eigenvalue weighted by Gasteiger charge is -2.28. The first-order valence-corrected chi connectivity index (χ1v) is 5.81. The number of carbonyl (C=O) groups excluding carboxylic acids is 1. The largest absolute Gasteiger partial charge is 0.347 e. The fourth-order valence-electron chi connectivity index (χ4n) is 1.68. The number of rotatable bonds is 7. The summed E-state index contributed by atoms with van der Waals surface area (Å²) in [6, 6.07) is 9.75. The summed E-state index contributed by atoms with van der Waals surface area (Å²) in [6.07, 6.45) is 1.30. The number of methoxy groups -OCH3 is 1. The Bertz CT molecular complexity index is 335. The highest BCUT2D eigenvalue weighted by atomic mass is 16.7. The molecule has 0 aromatic heterocycles. The fraction of sp³-hybridized carbons (Fsp3) is 0.500. The van der Waals surface area contributed by atoms with Crippen LogP contribution in [0, 0.1) is 5.92 Å². The second-order valence-corrected chi connectivity index (χ2v) is 4.51. The average Bonchev–Trinajstić information content (AvgIpc) is 2.35. The first-order valence-electron chi connectivity index (χ1n) is 5.81. The maximum absolute atomic E-state index is 11.2. The molecule has 17 heavy (non-hydrogen) atoms. The molecule has 1 atom stereocenters. The van der Waals surface area contributed by atoms with E-state index in [0.29, 0.717) is 18.9 Å². The molecule has 0 fully saturated rings. The summed E-state index contributed by atoms with van der Waals surface area (Å²) >= 11 is 0. The van der Waals surface area contributed by atoms with Crippen molar-refractivity contribution in [1.82, 2.24) is 0 Å². The van der Waals surface area contributed by atoms with Crippen molar-refractivity contribution in [1.29, 1.82) is 0 Å². The first-order chi connectivity index (χ1) is 8.12. The van der Waals surface area contributed by atoms with Crippen molar-refractivity contribution in [2.45, 2.75) is 32.7 Å². The molecule has 0 spiro atoms. The number of aldehydes is 1. The molecule has 0 bridgehead atoms. The van der Waals surface area contributed by atoms with E-state index in [0.717, 1.165) is 11.8 Å². The Kier molecular flexibility index (Phi) is 5.32. The van der Waals surface area contributed by atoms with Gasteiger partial charge in [-0.3, -0.25) is 4.79 Å². The highest BCUT2D eigenvalue weighted by Gasteiger charge is 2.31. The summed E-state index contributed by atoms with van der Waals surface area (Å²) in [5, 5.41) is 0. The van der Waals surface area contributed by atoms with Gasteiger partial charge in [0.2, 0.25) is 5.79 Å². The minimum Gasteiger partial charge on any atom is -0.347 e. The SMILES string of the molecule is COC(C=O)(CC(C)C)OCc1ccccc1. The Morgan fingerprint density at radius 2 is 1.94 bits per heavy atom. The molecule has 0 saturated heterocycles. The van der Waals surface area contributed by atoms with Crippen LogP contribution >= 0.6 is 0 Å². The third-order valence-corrected chi connectivity index (χ3v) is 2.54. The van der Waals surface area contributed by atoms with Crippen LogP contribution in [0.2, 0.25) is 0 Å². The van der Waals surface area contributed by atoms with Gasteiger partial charge >= 0.3 is 0 Å². The van der Waals surface area contributed by atoms with E-state index in [9.17, 15) is 4.79 Å². The highest BCUT2D eigenvalue weighted by Crippen LogP contribution is 2.21. The molecule has 0 radical (unpaired) electrons. The molecule has 94 valence electrons. The molecule has 1 unspecified atom stereocenters. The summed E-state index contributed by atoms with van der Waals surface area (Å²) in [6.45, 7) is 4.44. The summed E-state index contributed by atoms with van der Waals surface area (Å²) in [4.78, 5) is 11.2. The van der Waals surface area contributed by atoms with Crippen LogP contribution in [0.1, 0.15) is 25.8 Å². The predicted molar refractivity (Wildman–Crippen MR) is 66.5 cm³/mol. The third kappa shape index (κ3) is 4.29. The molecular formula is C14H20O3. The van der Waals surface area contributed by atoms with Gasteiger partial charge in [-0.15, -0.1) is 0 Å². The van der Waals surface area contributed by atoms with E-state index in [4.69, 9.17) is 9.47 Å². The van der Waals surface area contributed by atoms with Crippen LogP contribution in [-0.4, -0.2) is 19.2 Å². The van der Waals surface area contributed by atoms with Crippen molar-refractivity contribution >= 4 is 6.29 Å². The maximum Gasteiger partial charge on any atom is 0.226 e. The molecule has 1 aromatic rings. The lowest BCUT2D eigenvalue weighted by molar-refractivity contribution is -0.219. The van der Waals surface area contributed by atoms with Gasteiger partial charge in [0.15, 0.2) is 6.29 Å². The Morgan fingerprint density at radius 3 is 2.41 bits per heavy atom. The summed E-state index contributed by atoms with van der Waals surface area (Å²) < 4.78 is 10.9. The summed E-state index contributed by atoms with van der Waals surface area (Å²) in [5.41, 5.74) is 1.03. The molecule has 3 heteroatoms. The minimum atomic E-state index is -1.12. The lowest BCUT2D eigenvalue weighted by atomic mass is 10.0. The Morgan fingerprint density at radius 1 is 1.29 bits per heavy atom. The topological polar surface area (TPSA) is 35.5 Å². The number of hydrogen-bond donors (Lipinski definition) is 0. The number of hydrogen-bond acceptors (Lipinski definition) is 3. The molecule has 0 aliphatic carbocycles. The van der Waals surface area contributed by atoms with Crippen LogP contribution < -0.4 is 0 Å². The number of ether oxygens (including phenoxy) is 2. The van der Waals surface area contributed by atoms with Gasteiger partial charge in [-0.1, -0.05) is 44.2 Å².